The van der Waals surface area contributed by atoms with Crippen LogP contribution in [0.3, 0.4) is 0 Å². The number of aromatic amines is 1. The van der Waals surface area contributed by atoms with Gasteiger partial charge in [-0.3, -0.25) is 9.78 Å². The molecule has 2 aromatic carbocycles. The van der Waals surface area contributed by atoms with Crippen molar-refractivity contribution in [2.75, 3.05) is 12.3 Å². The predicted octanol–water partition coefficient (Wildman–Crippen LogP) is 5.06. The molecule has 0 amide bonds. The number of nitrogens with one attached hydrogen (secondary N) is 1. The van der Waals surface area contributed by atoms with Crippen LogP contribution in [0.25, 0.3) is 0 Å². The van der Waals surface area contributed by atoms with Crippen molar-refractivity contribution >= 4 is 33.0 Å². The molecule has 39 heavy (non-hydrogen) atoms. The van der Waals surface area contributed by atoms with Crippen LogP contribution in [0.1, 0.15) is 53.5 Å². The Morgan fingerprint density at radius 2 is 1.46 bits per heavy atom. The highest BCUT2D eigenvalue weighted by Gasteiger charge is 2.50. The number of anilines is 1. The summed E-state index contributed by atoms with van der Waals surface area (Å²) in [6.07, 6.45) is 1.57. The molecule has 0 aliphatic heterocycles. The Morgan fingerprint density at radius 1 is 0.923 bits per heavy atom. The largest absolute Gasteiger partial charge is 0.411 e. The third-order valence-corrected chi connectivity index (χ3v) is 17.1. The second kappa shape index (κ2) is 12.0. The lowest BCUT2D eigenvalue weighted by molar-refractivity contribution is 0.113. The lowest BCUT2D eigenvalue weighted by Gasteiger charge is -2.45. The number of benzene rings is 2. The van der Waals surface area contributed by atoms with Gasteiger partial charge >= 0.3 is 0 Å². The Bertz CT molecular complexity index is 1310. The smallest absolute Gasteiger partial charge is 0.268 e. The van der Waals surface area contributed by atoms with E-state index in [0.29, 0.717) is 13.0 Å². The summed E-state index contributed by atoms with van der Waals surface area (Å²) in [7, 11) is -4.89. The van der Waals surface area contributed by atoms with Crippen LogP contribution < -0.4 is 21.7 Å². The molecule has 0 fully saturated rings. The minimum Gasteiger partial charge on any atom is -0.411 e. The quantitative estimate of drug-likeness (QED) is 0.296. The fraction of sp³-hybridized carbons (Fsp3) is 0.419. The minimum atomic E-state index is -2.74. The molecule has 0 bridgehead atoms. The topological polar surface area (TPSA) is 90.2 Å². The summed E-state index contributed by atoms with van der Waals surface area (Å²) < 4.78 is 14.1. The monoisotopic (exact) mass is 561 g/mol. The van der Waals surface area contributed by atoms with E-state index in [1.54, 1.807) is 0 Å². The van der Waals surface area contributed by atoms with Crippen molar-refractivity contribution < 1.29 is 8.85 Å². The molecular formula is C31H43N3O3Si2. The normalized spacial score (nSPS) is 13.4. The van der Waals surface area contributed by atoms with E-state index in [2.05, 4.69) is 125 Å². The standard InChI is InChI=1S/C31H43N3O3Si2/c1-30(2,3)38(7,8)37-25(17-15-16-24-22-33-29(32)34-28(24)35)23-36-39(31(4,5)6,26-18-11-9-12-19-26)27-20-13-10-14-21-27/h9-14,18-22,25H,17,23H2,1-8H3,(H3,32,33,34,35). The van der Waals surface area contributed by atoms with Crippen LogP contribution in [0.4, 0.5) is 5.95 Å². The van der Waals surface area contributed by atoms with Gasteiger partial charge in [-0.15, -0.1) is 0 Å². The van der Waals surface area contributed by atoms with Gasteiger partial charge < -0.3 is 14.6 Å². The van der Waals surface area contributed by atoms with Crippen LogP contribution in [0.15, 0.2) is 71.7 Å². The summed E-state index contributed by atoms with van der Waals surface area (Å²) in [5.74, 6) is 6.21. The minimum absolute atomic E-state index is 0.0219. The maximum Gasteiger partial charge on any atom is 0.268 e. The summed E-state index contributed by atoms with van der Waals surface area (Å²) in [6.45, 7) is 18.4. The van der Waals surface area contributed by atoms with Crippen molar-refractivity contribution in [3.05, 3.63) is 82.8 Å². The van der Waals surface area contributed by atoms with Crippen molar-refractivity contribution in [3.63, 3.8) is 0 Å². The van der Waals surface area contributed by atoms with Crippen molar-refractivity contribution in [2.24, 2.45) is 0 Å². The zero-order valence-corrected chi connectivity index (χ0v) is 26.6. The maximum absolute atomic E-state index is 12.2. The van der Waals surface area contributed by atoms with Gasteiger partial charge in [0.1, 0.15) is 5.56 Å². The van der Waals surface area contributed by atoms with Crippen molar-refractivity contribution in [3.8, 4) is 11.8 Å². The number of H-pyrrole nitrogens is 1. The van der Waals surface area contributed by atoms with E-state index in [-0.39, 0.29) is 33.3 Å². The van der Waals surface area contributed by atoms with E-state index in [9.17, 15) is 4.79 Å². The molecule has 0 aliphatic carbocycles. The van der Waals surface area contributed by atoms with Gasteiger partial charge in [-0.05, 0) is 33.5 Å². The Kier molecular flexibility index (Phi) is 9.45. The zero-order valence-electron chi connectivity index (χ0n) is 24.6. The molecule has 1 unspecified atom stereocenters. The SMILES string of the molecule is CC(C)(C)[Si](C)(C)OC(CC#Cc1cnc(N)[nH]c1=O)CO[Si](c1ccccc1)(c1ccccc1)C(C)(C)C. The third kappa shape index (κ3) is 7.17. The van der Waals surface area contributed by atoms with Crippen LogP contribution in [0, 0.1) is 11.8 Å². The fourth-order valence-electron chi connectivity index (χ4n) is 4.47. The lowest BCUT2D eigenvalue weighted by atomic mass is 10.2. The second-order valence-corrected chi connectivity index (χ2v) is 21.6. The van der Waals surface area contributed by atoms with Crippen molar-refractivity contribution in [1.29, 1.82) is 0 Å². The highest BCUT2D eigenvalue weighted by molar-refractivity contribution is 6.99. The van der Waals surface area contributed by atoms with Gasteiger partial charge in [0.15, 0.2) is 14.3 Å². The Balaban J connectivity index is 2.02. The van der Waals surface area contributed by atoms with Crippen LogP contribution >= 0.6 is 0 Å². The summed E-state index contributed by atoms with van der Waals surface area (Å²) in [4.78, 5) is 18.7. The average molecular weight is 562 g/mol. The van der Waals surface area contributed by atoms with E-state index >= 15 is 0 Å². The molecule has 3 rings (SSSR count). The first-order chi connectivity index (χ1) is 18.2. The summed E-state index contributed by atoms with van der Waals surface area (Å²) >= 11 is 0. The summed E-state index contributed by atoms with van der Waals surface area (Å²) in [5.41, 5.74) is 5.52. The molecule has 1 heterocycles. The van der Waals surface area contributed by atoms with Gasteiger partial charge in [-0.25, -0.2) is 4.98 Å². The van der Waals surface area contributed by atoms with Gasteiger partial charge in [0, 0.05) is 6.42 Å². The van der Waals surface area contributed by atoms with Crippen LogP contribution in [-0.4, -0.2) is 39.3 Å². The molecule has 0 aliphatic rings. The molecule has 0 spiro atoms. The molecule has 1 atom stereocenters. The fourth-order valence-corrected chi connectivity index (χ4v) is 10.4. The second-order valence-electron chi connectivity index (χ2n) is 12.5. The van der Waals surface area contributed by atoms with E-state index in [0.717, 1.165) is 0 Å². The van der Waals surface area contributed by atoms with E-state index in [4.69, 9.17) is 14.6 Å². The van der Waals surface area contributed by atoms with Gasteiger partial charge in [0.2, 0.25) is 0 Å². The average Bonchev–Trinajstić information content (AvgIpc) is 2.85. The number of hydrogen-bond acceptors (Lipinski definition) is 5. The first-order valence-corrected chi connectivity index (χ1v) is 18.3. The molecule has 0 saturated heterocycles. The lowest BCUT2D eigenvalue weighted by Crippen LogP contribution is -2.67. The Labute approximate surface area is 235 Å². The number of hydrogen-bond donors (Lipinski definition) is 2. The van der Waals surface area contributed by atoms with Crippen LogP contribution in [0.5, 0.6) is 0 Å². The van der Waals surface area contributed by atoms with E-state index < -0.39 is 16.6 Å². The first kappa shape index (κ1) is 30.6. The number of nitrogen functional groups attached to an aromatic ring is 1. The van der Waals surface area contributed by atoms with Crippen LogP contribution in [-0.2, 0) is 8.85 Å². The van der Waals surface area contributed by atoms with Gasteiger partial charge in [0.05, 0.1) is 18.9 Å². The number of aromatic nitrogens is 2. The molecule has 1 aromatic heterocycles. The predicted molar refractivity (Wildman–Crippen MR) is 166 cm³/mol. The molecule has 8 heteroatoms. The summed E-state index contributed by atoms with van der Waals surface area (Å²) in [5, 5.41) is 2.32. The number of nitrogens with two attached hydrogens (primary N) is 1. The highest BCUT2D eigenvalue weighted by atomic mass is 28.4. The summed E-state index contributed by atoms with van der Waals surface area (Å²) in [6, 6.07) is 21.2. The van der Waals surface area contributed by atoms with E-state index in [1.807, 2.05) is 12.1 Å². The molecule has 0 saturated carbocycles. The molecule has 3 N–H and O–H groups in total. The van der Waals surface area contributed by atoms with E-state index in [1.165, 1.54) is 16.6 Å². The van der Waals surface area contributed by atoms with Gasteiger partial charge in [-0.2, -0.15) is 0 Å². The first-order valence-electron chi connectivity index (χ1n) is 13.4. The molecule has 6 nitrogen and oxygen atoms in total. The number of nitrogens with zero attached hydrogens (tertiary/aromatic N) is 1. The zero-order chi connectivity index (χ0) is 28.9. The molecular weight excluding hydrogens is 519 g/mol. The van der Waals surface area contributed by atoms with Gasteiger partial charge in [0.25, 0.3) is 13.9 Å². The molecule has 208 valence electrons. The maximum atomic E-state index is 12.2. The van der Waals surface area contributed by atoms with Crippen LogP contribution in [0.2, 0.25) is 23.2 Å². The Hall–Kier alpha value is -2.97. The number of rotatable bonds is 8. The van der Waals surface area contributed by atoms with Crippen molar-refractivity contribution in [1.82, 2.24) is 9.97 Å². The van der Waals surface area contributed by atoms with Gasteiger partial charge in [-0.1, -0.05) is 114 Å². The molecule has 0 radical (unpaired) electrons. The highest BCUT2D eigenvalue weighted by Crippen LogP contribution is 2.39. The van der Waals surface area contributed by atoms with Crippen molar-refractivity contribution in [2.45, 2.75) is 77.2 Å². The third-order valence-electron chi connectivity index (χ3n) is 7.54. The molecule has 3 aromatic rings. The Morgan fingerprint density at radius 3 is 1.92 bits per heavy atom.